The first kappa shape index (κ1) is 24.0. The minimum Gasteiger partial charge on any atom is -0.389 e. The van der Waals surface area contributed by atoms with Crippen molar-refractivity contribution in [2.75, 3.05) is 0 Å². The molecule has 0 aliphatic carbocycles. The van der Waals surface area contributed by atoms with Crippen LogP contribution in [0.25, 0.3) is 0 Å². The third-order valence-electron chi connectivity index (χ3n) is 5.97. The first-order valence-corrected chi connectivity index (χ1v) is 10.5. The molecule has 0 saturated carbocycles. The molecule has 0 fully saturated rings. The summed E-state index contributed by atoms with van der Waals surface area (Å²) in [6.45, 7) is 9.97. The first-order valence-electron chi connectivity index (χ1n) is 10.5. The number of benzene rings is 1. The Morgan fingerprint density at radius 3 is 1.81 bits per heavy atom. The highest BCUT2D eigenvalue weighted by Gasteiger charge is 2.42. The van der Waals surface area contributed by atoms with Gasteiger partial charge in [-0.25, -0.2) is 13.2 Å². The van der Waals surface area contributed by atoms with Crippen molar-refractivity contribution in [3.63, 3.8) is 0 Å². The van der Waals surface area contributed by atoms with Crippen LogP contribution in [-0.4, -0.2) is 10.7 Å². The van der Waals surface area contributed by atoms with E-state index in [4.69, 9.17) is 0 Å². The van der Waals surface area contributed by atoms with E-state index in [1.165, 1.54) is 19.3 Å². The Morgan fingerprint density at radius 1 is 0.852 bits per heavy atom. The molecule has 0 amide bonds. The van der Waals surface area contributed by atoms with E-state index in [0.29, 0.717) is 6.42 Å². The van der Waals surface area contributed by atoms with Gasteiger partial charge in [0.25, 0.3) is 0 Å². The summed E-state index contributed by atoms with van der Waals surface area (Å²) < 4.78 is 41.7. The van der Waals surface area contributed by atoms with Crippen molar-refractivity contribution in [3.05, 3.63) is 35.1 Å². The van der Waals surface area contributed by atoms with E-state index in [9.17, 15) is 18.3 Å². The Bertz CT molecular complexity index is 538. The van der Waals surface area contributed by atoms with E-state index >= 15 is 0 Å². The number of rotatable bonds is 12. The lowest BCUT2D eigenvalue weighted by molar-refractivity contribution is -0.0992. The maximum atomic E-state index is 14.2. The smallest absolute Gasteiger partial charge is 0.132 e. The Labute approximate surface area is 163 Å². The largest absolute Gasteiger partial charge is 0.389 e. The monoisotopic (exact) mass is 386 g/mol. The summed E-state index contributed by atoms with van der Waals surface area (Å²) in [5, 5.41) is 11.4. The lowest BCUT2D eigenvalue weighted by atomic mass is 9.67. The summed E-state index contributed by atoms with van der Waals surface area (Å²) in [6.07, 6.45) is 7.50. The molecular weight excluding hydrogens is 349 g/mol. The van der Waals surface area contributed by atoms with Crippen molar-refractivity contribution in [1.29, 1.82) is 0 Å². The van der Waals surface area contributed by atoms with Gasteiger partial charge in [-0.3, -0.25) is 0 Å². The molecule has 1 rings (SSSR count). The molecule has 0 bridgehead atoms. The summed E-state index contributed by atoms with van der Waals surface area (Å²) in [4.78, 5) is 0. The molecule has 156 valence electrons. The molecule has 1 nitrogen and oxygen atoms in total. The highest BCUT2D eigenvalue weighted by Crippen LogP contribution is 2.39. The average molecular weight is 387 g/mol. The van der Waals surface area contributed by atoms with Gasteiger partial charge >= 0.3 is 0 Å². The fourth-order valence-electron chi connectivity index (χ4n) is 4.29. The van der Waals surface area contributed by atoms with E-state index in [2.05, 4.69) is 6.92 Å². The van der Waals surface area contributed by atoms with Gasteiger partial charge in [-0.1, -0.05) is 73.1 Å². The van der Waals surface area contributed by atoms with E-state index in [0.717, 1.165) is 31.4 Å². The van der Waals surface area contributed by atoms with Crippen LogP contribution < -0.4 is 0 Å². The SMILES string of the molecule is CCCCCCCCC(Cc1c(F)cc(F)cc1F)C(O)(C(C)C)C(C)C. The molecule has 0 heterocycles. The van der Waals surface area contributed by atoms with Gasteiger partial charge in [0.1, 0.15) is 17.5 Å². The third kappa shape index (κ3) is 6.51. The van der Waals surface area contributed by atoms with Crippen LogP contribution >= 0.6 is 0 Å². The summed E-state index contributed by atoms with van der Waals surface area (Å²) >= 11 is 0. The zero-order valence-corrected chi connectivity index (χ0v) is 17.6. The van der Waals surface area contributed by atoms with Crippen molar-refractivity contribution in [2.45, 2.75) is 91.6 Å². The number of hydrogen-bond donors (Lipinski definition) is 1. The van der Waals surface area contributed by atoms with Crippen molar-refractivity contribution in [3.8, 4) is 0 Å². The lowest BCUT2D eigenvalue weighted by Gasteiger charge is -2.43. The van der Waals surface area contributed by atoms with Crippen molar-refractivity contribution in [1.82, 2.24) is 0 Å². The second-order valence-electron chi connectivity index (χ2n) is 8.50. The molecule has 1 N–H and O–H groups in total. The van der Waals surface area contributed by atoms with E-state index in [1.54, 1.807) is 0 Å². The van der Waals surface area contributed by atoms with Gasteiger partial charge in [0, 0.05) is 17.7 Å². The quantitative estimate of drug-likeness (QED) is 0.381. The lowest BCUT2D eigenvalue weighted by Crippen LogP contribution is -2.48. The molecule has 0 aromatic heterocycles. The molecule has 0 aliphatic heterocycles. The van der Waals surface area contributed by atoms with Crippen LogP contribution in [0, 0.1) is 35.2 Å². The maximum absolute atomic E-state index is 14.2. The Hall–Kier alpha value is -1.03. The summed E-state index contributed by atoms with van der Waals surface area (Å²) in [7, 11) is 0. The molecule has 4 heteroatoms. The first-order chi connectivity index (χ1) is 12.6. The fraction of sp³-hybridized carbons (Fsp3) is 0.739. The van der Waals surface area contributed by atoms with Crippen LogP contribution in [0.4, 0.5) is 13.2 Å². The van der Waals surface area contributed by atoms with E-state index in [-0.39, 0.29) is 29.7 Å². The van der Waals surface area contributed by atoms with Gasteiger partial charge in [-0.15, -0.1) is 0 Å². The van der Waals surface area contributed by atoms with E-state index < -0.39 is 23.1 Å². The molecule has 0 aliphatic rings. The number of halogens is 3. The second-order valence-corrected chi connectivity index (χ2v) is 8.50. The molecule has 0 saturated heterocycles. The number of unbranched alkanes of at least 4 members (excludes halogenated alkanes) is 5. The zero-order chi connectivity index (χ0) is 20.6. The van der Waals surface area contributed by atoms with Crippen molar-refractivity contribution in [2.24, 2.45) is 17.8 Å². The van der Waals surface area contributed by atoms with Crippen LogP contribution in [-0.2, 0) is 6.42 Å². The van der Waals surface area contributed by atoms with Crippen LogP contribution in [0.5, 0.6) is 0 Å². The zero-order valence-electron chi connectivity index (χ0n) is 17.6. The van der Waals surface area contributed by atoms with Gasteiger partial charge in [0.2, 0.25) is 0 Å². The van der Waals surface area contributed by atoms with Gasteiger partial charge < -0.3 is 5.11 Å². The summed E-state index contributed by atoms with van der Waals surface area (Å²) in [5.74, 6) is -3.02. The Kier molecular flexibility index (Phi) is 9.86. The minimum absolute atomic E-state index is 0.0471. The van der Waals surface area contributed by atoms with Crippen LogP contribution in [0.15, 0.2) is 12.1 Å². The van der Waals surface area contributed by atoms with Gasteiger partial charge in [-0.05, 0) is 30.6 Å². The average Bonchev–Trinajstić information content (AvgIpc) is 2.57. The second kappa shape index (κ2) is 11.1. The summed E-state index contributed by atoms with van der Waals surface area (Å²) in [6, 6.07) is 1.45. The minimum atomic E-state index is -1.03. The highest BCUT2D eigenvalue weighted by molar-refractivity contribution is 5.22. The molecule has 0 radical (unpaired) electrons. The standard InChI is InChI=1S/C23H37F3O/c1-6-7-8-9-10-11-12-18(23(27,16(2)3)17(4)5)13-20-21(25)14-19(24)15-22(20)26/h14-18,27H,6-13H2,1-5H3. The highest BCUT2D eigenvalue weighted by atomic mass is 19.1. The summed E-state index contributed by atoms with van der Waals surface area (Å²) in [5.41, 5.74) is -1.15. The van der Waals surface area contributed by atoms with Crippen LogP contribution in [0.2, 0.25) is 0 Å². The molecule has 1 aromatic carbocycles. The third-order valence-corrected chi connectivity index (χ3v) is 5.97. The topological polar surface area (TPSA) is 20.2 Å². The Morgan fingerprint density at radius 2 is 1.33 bits per heavy atom. The van der Waals surface area contributed by atoms with Crippen molar-refractivity contribution >= 4 is 0 Å². The fourth-order valence-corrected chi connectivity index (χ4v) is 4.29. The molecule has 1 atom stereocenters. The molecule has 1 aromatic rings. The van der Waals surface area contributed by atoms with Gasteiger partial charge in [0.05, 0.1) is 5.60 Å². The number of hydrogen-bond acceptors (Lipinski definition) is 1. The number of aliphatic hydroxyl groups is 1. The van der Waals surface area contributed by atoms with Crippen molar-refractivity contribution < 1.29 is 18.3 Å². The van der Waals surface area contributed by atoms with Crippen LogP contribution in [0.1, 0.15) is 85.1 Å². The Balaban J connectivity index is 3.00. The predicted octanol–water partition coefficient (Wildman–Crippen LogP) is 7.06. The van der Waals surface area contributed by atoms with Gasteiger partial charge in [0.15, 0.2) is 0 Å². The van der Waals surface area contributed by atoms with E-state index in [1.807, 2.05) is 27.7 Å². The maximum Gasteiger partial charge on any atom is 0.132 e. The normalized spacial score (nSPS) is 13.6. The molecule has 0 spiro atoms. The van der Waals surface area contributed by atoms with Gasteiger partial charge in [-0.2, -0.15) is 0 Å². The van der Waals surface area contributed by atoms with Crippen LogP contribution in [0.3, 0.4) is 0 Å². The molecular formula is C23H37F3O. The predicted molar refractivity (Wildman–Crippen MR) is 106 cm³/mol. The molecule has 1 unspecified atom stereocenters. The molecule has 27 heavy (non-hydrogen) atoms.